The molecule has 0 fully saturated rings. The number of aromatic amines is 1. The molecule has 0 radical (unpaired) electrons. The molecule has 0 saturated carbocycles. The van der Waals surface area contributed by atoms with Gasteiger partial charge in [0, 0.05) is 11.6 Å². The van der Waals surface area contributed by atoms with Crippen LogP contribution in [0.4, 0.5) is 5.82 Å². The number of aromatic nitrogens is 4. The first-order valence-corrected chi connectivity index (χ1v) is 8.63. The zero-order valence-electron chi connectivity index (χ0n) is 14.5. The number of amides is 1. The van der Waals surface area contributed by atoms with Crippen molar-refractivity contribution in [2.24, 2.45) is 0 Å². The monoisotopic (exact) mass is 349 g/mol. The van der Waals surface area contributed by atoms with E-state index in [9.17, 15) is 9.59 Å². The number of rotatable bonds is 4. The Morgan fingerprint density at radius 1 is 1.27 bits per heavy atom. The first kappa shape index (κ1) is 16.3. The highest BCUT2D eigenvalue weighted by Gasteiger charge is 2.20. The molecule has 3 aromatic rings. The third kappa shape index (κ3) is 3.15. The lowest BCUT2D eigenvalue weighted by Gasteiger charge is -2.09. The second-order valence-corrected chi connectivity index (χ2v) is 6.46. The molecule has 0 unspecified atom stereocenters. The minimum absolute atomic E-state index is 0.128. The number of nitrogens with zero attached hydrogens (tertiary/aromatic N) is 3. The van der Waals surface area contributed by atoms with Gasteiger partial charge in [0.05, 0.1) is 17.8 Å². The number of H-pyrrole nitrogens is 1. The number of aryl methyl sites for hydroxylation is 2. The number of fused-ring (bicyclic) bond motifs is 1. The van der Waals surface area contributed by atoms with Crippen LogP contribution in [0.15, 0.2) is 41.2 Å². The topological polar surface area (TPSA) is 92.7 Å². The van der Waals surface area contributed by atoms with Crippen LogP contribution < -0.4 is 10.9 Å². The first-order valence-electron chi connectivity index (χ1n) is 8.63. The third-order valence-corrected chi connectivity index (χ3v) is 4.44. The molecule has 1 aliphatic carbocycles. The van der Waals surface area contributed by atoms with E-state index in [0.29, 0.717) is 11.8 Å². The van der Waals surface area contributed by atoms with Crippen molar-refractivity contribution >= 4 is 11.7 Å². The maximum absolute atomic E-state index is 12.4. The molecule has 2 aromatic heterocycles. The first-order chi connectivity index (χ1) is 12.6. The summed E-state index contributed by atoms with van der Waals surface area (Å²) < 4.78 is 1.48. The summed E-state index contributed by atoms with van der Waals surface area (Å²) in [7, 11) is 0. The van der Waals surface area contributed by atoms with Gasteiger partial charge in [-0.2, -0.15) is 9.78 Å². The van der Waals surface area contributed by atoms with Crippen LogP contribution in [-0.2, 0) is 24.1 Å². The molecule has 0 atom stereocenters. The van der Waals surface area contributed by atoms with Gasteiger partial charge in [-0.3, -0.25) is 14.6 Å². The van der Waals surface area contributed by atoms with Crippen molar-refractivity contribution in [2.75, 3.05) is 5.32 Å². The number of anilines is 1. The van der Waals surface area contributed by atoms with Crippen LogP contribution in [0, 0.1) is 6.92 Å². The summed E-state index contributed by atoms with van der Waals surface area (Å²) >= 11 is 0. The van der Waals surface area contributed by atoms with E-state index in [1.54, 1.807) is 6.07 Å². The van der Waals surface area contributed by atoms with Crippen molar-refractivity contribution in [1.29, 1.82) is 0 Å². The molecule has 4 rings (SSSR count). The molecule has 0 bridgehead atoms. The van der Waals surface area contributed by atoms with E-state index in [1.165, 1.54) is 4.68 Å². The fourth-order valence-corrected chi connectivity index (χ4v) is 3.25. The van der Waals surface area contributed by atoms with E-state index in [-0.39, 0.29) is 17.9 Å². The van der Waals surface area contributed by atoms with E-state index in [1.807, 2.05) is 37.3 Å². The standard InChI is InChI=1S/C19H19N5O2/c1-12-10-16(21-17(25)11-13-6-3-2-4-7-13)24(23-12)19-20-15-9-5-8-14(15)18(26)22-19/h2-4,6-7,10H,5,8-9,11H2,1H3,(H,21,25)(H,20,22,26). The molecule has 0 saturated heterocycles. The Bertz CT molecular complexity index is 1020. The van der Waals surface area contributed by atoms with Gasteiger partial charge in [-0.1, -0.05) is 30.3 Å². The quantitative estimate of drug-likeness (QED) is 0.753. The van der Waals surface area contributed by atoms with Crippen molar-refractivity contribution in [2.45, 2.75) is 32.6 Å². The van der Waals surface area contributed by atoms with Crippen LogP contribution in [0.5, 0.6) is 0 Å². The second-order valence-electron chi connectivity index (χ2n) is 6.46. The predicted molar refractivity (Wildman–Crippen MR) is 97.5 cm³/mol. The minimum Gasteiger partial charge on any atom is -0.310 e. The highest BCUT2D eigenvalue weighted by atomic mass is 16.1. The number of carbonyl (C=O) groups excluding carboxylic acids is 1. The van der Waals surface area contributed by atoms with Gasteiger partial charge in [-0.15, -0.1) is 0 Å². The van der Waals surface area contributed by atoms with Crippen molar-refractivity contribution in [3.8, 4) is 5.95 Å². The molecule has 2 N–H and O–H groups in total. The van der Waals surface area contributed by atoms with Crippen molar-refractivity contribution in [1.82, 2.24) is 19.7 Å². The number of nitrogens with one attached hydrogen (secondary N) is 2. The predicted octanol–water partition coefficient (Wildman–Crippen LogP) is 1.93. The van der Waals surface area contributed by atoms with Crippen molar-refractivity contribution in [3.05, 3.63) is 69.3 Å². The molecule has 2 heterocycles. The lowest BCUT2D eigenvalue weighted by Crippen LogP contribution is -2.21. The van der Waals surface area contributed by atoms with Gasteiger partial charge >= 0.3 is 0 Å². The van der Waals surface area contributed by atoms with Crippen LogP contribution in [0.1, 0.15) is 28.9 Å². The Balaban J connectivity index is 1.62. The average Bonchev–Trinajstić information content (AvgIpc) is 3.22. The Morgan fingerprint density at radius 2 is 2.08 bits per heavy atom. The molecule has 1 aliphatic rings. The molecule has 1 amide bonds. The summed E-state index contributed by atoms with van der Waals surface area (Å²) in [5, 5.41) is 7.24. The molecule has 7 heteroatoms. The molecule has 0 aliphatic heterocycles. The molecule has 132 valence electrons. The molecule has 1 aromatic carbocycles. The normalized spacial score (nSPS) is 12.8. The smallest absolute Gasteiger partial charge is 0.255 e. The zero-order chi connectivity index (χ0) is 18.1. The summed E-state index contributed by atoms with van der Waals surface area (Å²) in [4.78, 5) is 32.0. The molecule has 26 heavy (non-hydrogen) atoms. The fraction of sp³-hybridized carbons (Fsp3) is 0.263. The lowest BCUT2D eigenvalue weighted by molar-refractivity contribution is -0.115. The zero-order valence-corrected chi connectivity index (χ0v) is 14.5. The molecule has 7 nitrogen and oxygen atoms in total. The van der Waals surface area contributed by atoms with Crippen LogP contribution in [0.25, 0.3) is 5.95 Å². The lowest BCUT2D eigenvalue weighted by atomic mass is 10.1. The van der Waals surface area contributed by atoms with Gasteiger partial charge in [0.2, 0.25) is 11.9 Å². The van der Waals surface area contributed by atoms with Crippen LogP contribution >= 0.6 is 0 Å². The average molecular weight is 349 g/mol. The number of benzene rings is 1. The molecule has 0 spiro atoms. The SMILES string of the molecule is Cc1cc(NC(=O)Cc2ccccc2)n(-c2nc3c(c(=O)[nH]2)CCC3)n1. The Hall–Kier alpha value is -3.22. The van der Waals surface area contributed by atoms with E-state index in [2.05, 4.69) is 20.4 Å². The number of hydrogen-bond acceptors (Lipinski definition) is 4. The van der Waals surface area contributed by atoms with E-state index in [4.69, 9.17) is 0 Å². The van der Waals surface area contributed by atoms with E-state index >= 15 is 0 Å². The summed E-state index contributed by atoms with van der Waals surface area (Å²) in [5.41, 5.74) is 3.10. The van der Waals surface area contributed by atoms with Gasteiger partial charge in [0.1, 0.15) is 5.82 Å². The molecular weight excluding hydrogens is 330 g/mol. The van der Waals surface area contributed by atoms with Crippen molar-refractivity contribution in [3.63, 3.8) is 0 Å². The van der Waals surface area contributed by atoms with Crippen molar-refractivity contribution < 1.29 is 4.79 Å². The minimum atomic E-state index is -0.152. The Labute approximate surface area is 150 Å². The highest BCUT2D eigenvalue weighted by molar-refractivity contribution is 5.91. The summed E-state index contributed by atoms with van der Waals surface area (Å²) in [6, 6.07) is 11.3. The highest BCUT2D eigenvalue weighted by Crippen LogP contribution is 2.19. The third-order valence-electron chi connectivity index (χ3n) is 4.44. The van der Waals surface area contributed by atoms with Gasteiger partial charge in [-0.05, 0) is 31.7 Å². The largest absolute Gasteiger partial charge is 0.310 e. The van der Waals surface area contributed by atoms with Gasteiger partial charge < -0.3 is 5.32 Å². The number of carbonyl (C=O) groups is 1. The van der Waals surface area contributed by atoms with E-state index < -0.39 is 0 Å². The summed E-state index contributed by atoms with van der Waals surface area (Å²) in [5.74, 6) is 0.671. The van der Waals surface area contributed by atoms with E-state index in [0.717, 1.165) is 41.8 Å². The van der Waals surface area contributed by atoms with Crippen LogP contribution in [0.2, 0.25) is 0 Å². The van der Waals surface area contributed by atoms with Gasteiger partial charge in [0.15, 0.2) is 0 Å². The summed E-state index contributed by atoms with van der Waals surface area (Å²) in [6.07, 6.45) is 2.76. The van der Waals surface area contributed by atoms with Crippen LogP contribution in [-0.4, -0.2) is 25.7 Å². The van der Waals surface area contributed by atoms with Gasteiger partial charge in [0.25, 0.3) is 5.56 Å². The Morgan fingerprint density at radius 3 is 2.88 bits per heavy atom. The molecular formula is C19H19N5O2. The maximum Gasteiger partial charge on any atom is 0.255 e. The Kier molecular flexibility index (Phi) is 4.12. The summed E-state index contributed by atoms with van der Waals surface area (Å²) in [6.45, 7) is 1.83. The fourth-order valence-electron chi connectivity index (χ4n) is 3.25. The maximum atomic E-state index is 12.4. The second kappa shape index (κ2) is 6.59. The van der Waals surface area contributed by atoms with Crippen LogP contribution in [0.3, 0.4) is 0 Å². The number of hydrogen-bond donors (Lipinski definition) is 2. The van der Waals surface area contributed by atoms with Gasteiger partial charge in [-0.25, -0.2) is 4.98 Å².